The maximum absolute atomic E-state index is 15.1. The molecule has 2 heterocycles. The number of carboxylic acids is 2. The normalized spacial score (nSPS) is 14.1. The van der Waals surface area contributed by atoms with Crippen LogP contribution in [0.4, 0.5) is 22.0 Å². The van der Waals surface area contributed by atoms with E-state index in [9.17, 15) is 70.9 Å². The SMILES string of the molecule is CC(NC(=O)[C@@H](NC(=O)CCCCCN1C(=O)C=CC1=O)C(C)C)C(=O)NC(CCC(=O)NCCNC(=O)C(N)CCN(C(=O)CO)C(c1nn(-c2cc(F)ccc2F)cc1Cc1ccccc1)C(C)(C)C)C(=O)O.O=C(O)C(F)(F)F. The van der Waals surface area contributed by atoms with E-state index in [1.54, 1.807) is 20.0 Å². The highest BCUT2D eigenvalue weighted by Gasteiger charge is 2.40. The van der Waals surface area contributed by atoms with Crippen LogP contribution in [0.1, 0.15) is 109 Å². The molecule has 4 rings (SSSR count). The lowest BCUT2D eigenvalue weighted by Crippen LogP contribution is -2.56. The van der Waals surface area contributed by atoms with Crippen molar-refractivity contribution in [1.29, 1.82) is 0 Å². The van der Waals surface area contributed by atoms with Gasteiger partial charge in [0.15, 0.2) is 0 Å². The monoisotopic (exact) mass is 1160 g/mol. The molecule has 0 fully saturated rings. The first-order valence-corrected chi connectivity index (χ1v) is 26.1. The number of unbranched alkanes of at least 4 members (excludes halogenated alkanes) is 2. The van der Waals surface area contributed by atoms with Crippen LogP contribution in [-0.2, 0) is 54.4 Å². The Balaban J connectivity index is 0.00000236. The highest BCUT2D eigenvalue weighted by atomic mass is 19.4. The second-order valence-corrected chi connectivity index (χ2v) is 20.5. The Bertz CT molecular complexity index is 2750. The molecule has 2 aromatic carbocycles. The van der Waals surface area contributed by atoms with Gasteiger partial charge in [0.2, 0.25) is 35.4 Å². The van der Waals surface area contributed by atoms with Gasteiger partial charge < -0.3 is 52.5 Å². The number of aromatic nitrogens is 2. The molecular weight excluding hydrogens is 1090 g/mol. The van der Waals surface area contributed by atoms with Gasteiger partial charge in [-0.3, -0.25) is 43.3 Å². The Labute approximate surface area is 469 Å². The van der Waals surface area contributed by atoms with Crippen LogP contribution in [-0.4, -0.2) is 157 Å². The molecule has 5 atom stereocenters. The number of imide groups is 1. The lowest BCUT2D eigenvalue weighted by atomic mass is 9.81. The second-order valence-electron chi connectivity index (χ2n) is 20.5. The molecule has 450 valence electrons. The van der Waals surface area contributed by atoms with Gasteiger partial charge in [0, 0.05) is 75.4 Å². The minimum atomic E-state index is -5.08. The van der Waals surface area contributed by atoms with Crippen molar-refractivity contribution >= 4 is 59.2 Å². The highest BCUT2D eigenvalue weighted by Crippen LogP contribution is 2.40. The third-order valence-electron chi connectivity index (χ3n) is 12.5. The van der Waals surface area contributed by atoms with E-state index in [1.165, 1.54) is 28.7 Å². The molecule has 0 bridgehead atoms. The molecule has 0 aliphatic carbocycles. The molecule has 28 heteroatoms. The van der Waals surface area contributed by atoms with Crippen LogP contribution in [0.5, 0.6) is 0 Å². The van der Waals surface area contributed by atoms with Gasteiger partial charge in [-0.1, -0.05) is 71.4 Å². The number of benzene rings is 2. The van der Waals surface area contributed by atoms with Crippen molar-refractivity contribution in [2.75, 3.05) is 32.8 Å². The fourth-order valence-electron chi connectivity index (χ4n) is 8.28. The average Bonchev–Trinajstić information content (AvgIpc) is 4.18. The van der Waals surface area contributed by atoms with Crippen molar-refractivity contribution in [3.63, 3.8) is 0 Å². The van der Waals surface area contributed by atoms with Crippen LogP contribution in [0, 0.1) is 23.0 Å². The molecular formula is C54H71F5N10O13. The average molecular weight is 1160 g/mol. The number of aliphatic hydroxyl groups excluding tert-OH is 1. The number of carbonyl (C=O) groups is 10. The van der Waals surface area contributed by atoms with Gasteiger partial charge in [0.1, 0.15) is 42.1 Å². The summed E-state index contributed by atoms with van der Waals surface area (Å²) in [5.74, 6) is -10.6. The second kappa shape index (κ2) is 31.7. The Morgan fingerprint density at radius 3 is 1.96 bits per heavy atom. The summed E-state index contributed by atoms with van der Waals surface area (Å²) in [5, 5.41) is 44.4. The summed E-state index contributed by atoms with van der Waals surface area (Å²) in [6.07, 6.45) is -0.0256. The number of hydrogen-bond donors (Lipinski definition) is 9. The highest BCUT2D eigenvalue weighted by molar-refractivity contribution is 6.12. The Kier molecular flexibility index (Phi) is 26.4. The molecule has 23 nitrogen and oxygen atoms in total. The summed E-state index contributed by atoms with van der Waals surface area (Å²) in [6.45, 7) is 9.29. The molecule has 0 saturated carbocycles. The lowest BCUT2D eigenvalue weighted by molar-refractivity contribution is -0.192. The number of nitrogens with zero attached hydrogens (tertiary/aromatic N) is 4. The van der Waals surface area contributed by atoms with Crippen LogP contribution < -0.4 is 32.3 Å². The van der Waals surface area contributed by atoms with Crippen molar-refractivity contribution in [3.05, 3.63) is 95.3 Å². The van der Waals surface area contributed by atoms with Gasteiger partial charge >= 0.3 is 18.1 Å². The van der Waals surface area contributed by atoms with E-state index in [1.807, 2.05) is 51.1 Å². The Morgan fingerprint density at radius 1 is 0.768 bits per heavy atom. The molecule has 1 aliphatic heterocycles. The standard InChI is InChI=1S/C52H70F2N10O11.C2HF3O2/c1-31(2)45(60-41(67)15-11-8-12-25-62-42(68)20-21-43(62)69)50(73)58-32(3)48(71)59-38(51(74)75)18-19-40(66)56-23-24-57-49(72)37(55)22-26-63(44(70)30-65)47(52(4,5)6)46-34(27-33-13-9-7-10-14-33)29-64(61-46)39-28-35(53)16-17-36(39)54;3-2(4,5)1(6)7/h7,9-10,13-14,16-17,20-21,28-29,31-32,37-38,45,47,65H,8,11-12,15,18-19,22-27,30,55H2,1-6H3,(H,56,66)(H,57,72)(H,58,73)(H,59,71)(H,60,67)(H,74,75);(H,6,7)/t32?,37?,38?,45-,47?;/m0./s1. The van der Waals surface area contributed by atoms with Crippen molar-refractivity contribution < 1.29 is 85.2 Å². The maximum atomic E-state index is 15.1. The Hall–Kier alpha value is -8.14. The summed E-state index contributed by atoms with van der Waals surface area (Å²) >= 11 is 0. The van der Waals surface area contributed by atoms with Crippen LogP contribution >= 0.6 is 0 Å². The van der Waals surface area contributed by atoms with Crippen LogP contribution in [0.3, 0.4) is 0 Å². The Morgan fingerprint density at radius 2 is 1.39 bits per heavy atom. The zero-order chi connectivity index (χ0) is 61.6. The molecule has 8 amide bonds. The number of nitrogens with two attached hydrogens (primary N) is 1. The topological polar surface area (TPSA) is 342 Å². The van der Waals surface area contributed by atoms with Crippen LogP contribution in [0.2, 0.25) is 0 Å². The van der Waals surface area contributed by atoms with Gasteiger partial charge in [-0.05, 0) is 61.6 Å². The van der Waals surface area contributed by atoms with Gasteiger partial charge in [-0.15, -0.1) is 0 Å². The molecule has 0 saturated heterocycles. The lowest BCUT2D eigenvalue weighted by Gasteiger charge is -2.40. The number of aliphatic hydroxyl groups is 1. The van der Waals surface area contributed by atoms with Gasteiger partial charge in [-0.2, -0.15) is 18.3 Å². The van der Waals surface area contributed by atoms with E-state index in [4.69, 9.17) is 20.7 Å². The van der Waals surface area contributed by atoms with Crippen molar-refractivity contribution in [1.82, 2.24) is 46.2 Å². The number of carboxylic acid groups (broad SMARTS) is 2. The van der Waals surface area contributed by atoms with E-state index in [0.717, 1.165) is 28.7 Å². The van der Waals surface area contributed by atoms with Gasteiger partial charge in [-0.25, -0.2) is 23.1 Å². The number of hydrogen-bond acceptors (Lipinski definition) is 13. The first kappa shape index (κ1) is 68.1. The number of nitrogens with one attached hydrogen (secondary N) is 5. The maximum Gasteiger partial charge on any atom is 0.490 e. The number of amides is 8. The fourth-order valence-corrected chi connectivity index (χ4v) is 8.28. The van der Waals surface area contributed by atoms with Crippen molar-refractivity contribution in [2.45, 2.75) is 129 Å². The first-order valence-electron chi connectivity index (χ1n) is 26.1. The minimum Gasteiger partial charge on any atom is -0.480 e. The number of carbonyl (C=O) groups excluding carboxylic acids is 8. The summed E-state index contributed by atoms with van der Waals surface area (Å²) in [6, 6.07) is 6.49. The van der Waals surface area contributed by atoms with Crippen molar-refractivity contribution in [2.24, 2.45) is 17.1 Å². The molecule has 82 heavy (non-hydrogen) atoms. The quantitative estimate of drug-likeness (QED) is 0.0274. The van der Waals surface area contributed by atoms with E-state index in [2.05, 4.69) is 26.6 Å². The van der Waals surface area contributed by atoms with E-state index in [0.29, 0.717) is 36.9 Å². The minimum absolute atomic E-state index is 0.0696. The van der Waals surface area contributed by atoms with Crippen LogP contribution in [0.15, 0.2) is 66.9 Å². The fraction of sp³-hybridized carbons (Fsp3) is 0.500. The predicted molar refractivity (Wildman–Crippen MR) is 284 cm³/mol. The number of rotatable bonds is 29. The summed E-state index contributed by atoms with van der Waals surface area (Å²) in [4.78, 5) is 125. The van der Waals surface area contributed by atoms with E-state index < -0.39 is 107 Å². The molecule has 10 N–H and O–H groups in total. The van der Waals surface area contributed by atoms with E-state index >= 15 is 4.39 Å². The van der Waals surface area contributed by atoms with Crippen LogP contribution in [0.25, 0.3) is 5.69 Å². The largest absolute Gasteiger partial charge is 0.490 e. The zero-order valence-electron chi connectivity index (χ0n) is 46.2. The van der Waals surface area contributed by atoms with Gasteiger partial charge in [0.05, 0.1) is 17.8 Å². The third-order valence-corrected chi connectivity index (χ3v) is 12.5. The third kappa shape index (κ3) is 21.7. The number of aliphatic carboxylic acids is 2. The molecule has 3 aromatic rings. The van der Waals surface area contributed by atoms with Gasteiger partial charge in [0.25, 0.3) is 11.8 Å². The number of alkyl halides is 3. The van der Waals surface area contributed by atoms with Crippen molar-refractivity contribution in [3.8, 4) is 5.69 Å². The summed E-state index contributed by atoms with van der Waals surface area (Å²) in [7, 11) is 0. The molecule has 4 unspecified atom stereocenters. The zero-order valence-corrected chi connectivity index (χ0v) is 46.2. The molecule has 1 aromatic heterocycles. The number of halogens is 5. The molecule has 0 spiro atoms. The summed E-state index contributed by atoms with van der Waals surface area (Å²) < 4.78 is 62.4. The first-order chi connectivity index (χ1) is 38.3. The summed E-state index contributed by atoms with van der Waals surface area (Å²) in [5.41, 5.74) is 7.19. The molecule has 1 aliphatic rings. The van der Waals surface area contributed by atoms with E-state index in [-0.39, 0.29) is 75.3 Å². The smallest absolute Gasteiger partial charge is 0.480 e. The molecule has 0 radical (unpaired) electrons. The predicted octanol–water partition coefficient (Wildman–Crippen LogP) is 2.71.